The van der Waals surface area contributed by atoms with Crippen LogP contribution >= 0.6 is 11.6 Å². The second-order valence-electron chi connectivity index (χ2n) is 4.32. The monoisotopic (exact) mass is 235 g/mol. The second kappa shape index (κ2) is 4.07. The summed E-state index contributed by atoms with van der Waals surface area (Å²) in [7, 11) is 0. The van der Waals surface area contributed by atoms with Gasteiger partial charge in [0, 0.05) is 17.6 Å². The molecular weight excluding hydrogens is 222 g/mol. The van der Waals surface area contributed by atoms with Crippen molar-refractivity contribution in [3.8, 4) is 0 Å². The molecule has 1 fully saturated rings. The first-order valence-corrected chi connectivity index (χ1v) is 6.04. The van der Waals surface area contributed by atoms with E-state index >= 15 is 0 Å². The molecule has 1 aromatic carbocycles. The number of hydrogen-bond acceptors (Lipinski definition) is 2. The van der Waals surface area contributed by atoms with Crippen molar-refractivity contribution in [2.45, 2.75) is 25.4 Å². The number of hydrogen-bond donors (Lipinski definition) is 1. The first-order valence-electron chi connectivity index (χ1n) is 5.67. The summed E-state index contributed by atoms with van der Waals surface area (Å²) >= 11 is 5.94. The smallest absolute Gasteiger partial charge is 0.0958 e. The molecule has 3 nitrogen and oxygen atoms in total. The summed E-state index contributed by atoms with van der Waals surface area (Å²) < 4.78 is 2.20. The molecular formula is C12H14ClN3. The number of nitrogens with zero attached hydrogens (tertiary/aromatic N) is 2. The number of fused-ring (bicyclic) bond motifs is 1. The van der Waals surface area contributed by atoms with E-state index in [9.17, 15) is 0 Å². The molecule has 0 saturated carbocycles. The van der Waals surface area contributed by atoms with Crippen LogP contribution in [-0.2, 0) is 6.54 Å². The molecule has 3 rings (SSSR count). The lowest BCUT2D eigenvalue weighted by Gasteiger charge is -2.11. The highest BCUT2D eigenvalue weighted by Gasteiger charge is 2.15. The van der Waals surface area contributed by atoms with Crippen molar-refractivity contribution in [3.05, 3.63) is 29.5 Å². The fraction of sp³-hybridized carbons (Fsp3) is 0.417. The fourth-order valence-electron chi connectivity index (χ4n) is 2.33. The summed E-state index contributed by atoms with van der Waals surface area (Å²) in [6.07, 6.45) is 4.44. The molecule has 1 atom stereocenters. The maximum Gasteiger partial charge on any atom is 0.0958 e. The van der Waals surface area contributed by atoms with Crippen LogP contribution in [0.5, 0.6) is 0 Å². The van der Waals surface area contributed by atoms with Crippen molar-refractivity contribution in [2.24, 2.45) is 0 Å². The molecule has 2 aromatic rings. The average Bonchev–Trinajstić information content (AvgIpc) is 2.89. The lowest BCUT2D eigenvalue weighted by Crippen LogP contribution is -2.26. The second-order valence-corrected chi connectivity index (χ2v) is 4.76. The first-order chi connectivity index (χ1) is 7.83. The standard InChI is InChI=1S/C12H14ClN3/c13-9-3-4-12-11(6-9)15-8-16(12)7-10-2-1-5-14-10/h3-4,6,8,10,14H,1-2,5,7H2. The third kappa shape index (κ3) is 1.81. The van der Waals surface area contributed by atoms with Crippen LogP contribution in [0.15, 0.2) is 24.5 Å². The van der Waals surface area contributed by atoms with Gasteiger partial charge in [0.15, 0.2) is 0 Å². The Morgan fingerprint density at radius 2 is 2.44 bits per heavy atom. The third-order valence-corrected chi connectivity index (χ3v) is 3.40. The first kappa shape index (κ1) is 10.1. The van der Waals surface area contributed by atoms with Gasteiger partial charge >= 0.3 is 0 Å². The highest BCUT2D eigenvalue weighted by Crippen LogP contribution is 2.19. The summed E-state index contributed by atoms with van der Waals surface area (Å²) in [5.74, 6) is 0. The van der Waals surface area contributed by atoms with Crippen LogP contribution in [0.1, 0.15) is 12.8 Å². The Hall–Kier alpha value is -1.06. The lowest BCUT2D eigenvalue weighted by atomic mass is 10.2. The summed E-state index contributed by atoms with van der Waals surface area (Å²) in [4.78, 5) is 4.37. The molecule has 1 unspecified atom stereocenters. The number of halogens is 1. The van der Waals surface area contributed by atoms with Crippen LogP contribution < -0.4 is 5.32 Å². The van der Waals surface area contributed by atoms with Gasteiger partial charge in [-0.15, -0.1) is 0 Å². The van der Waals surface area contributed by atoms with Crippen molar-refractivity contribution < 1.29 is 0 Å². The normalized spacial score (nSPS) is 20.7. The van der Waals surface area contributed by atoms with Crippen LogP contribution in [-0.4, -0.2) is 22.1 Å². The van der Waals surface area contributed by atoms with Crippen LogP contribution in [0.3, 0.4) is 0 Å². The summed E-state index contributed by atoms with van der Waals surface area (Å²) in [6.45, 7) is 2.14. The number of benzene rings is 1. The maximum absolute atomic E-state index is 5.94. The minimum Gasteiger partial charge on any atom is -0.329 e. The fourth-order valence-corrected chi connectivity index (χ4v) is 2.50. The Bertz CT molecular complexity index is 500. The van der Waals surface area contributed by atoms with Gasteiger partial charge in [-0.3, -0.25) is 0 Å². The van der Waals surface area contributed by atoms with E-state index in [2.05, 4.69) is 14.9 Å². The third-order valence-electron chi connectivity index (χ3n) is 3.16. The predicted molar refractivity (Wildman–Crippen MR) is 65.8 cm³/mol. The van der Waals surface area contributed by atoms with Crippen molar-refractivity contribution in [3.63, 3.8) is 0 Å². The predicted octanol–water partition coefficient (Wildman–Crippen LogP) is 2.44. The van der Waals surface area contributed by atoms with Gasteiger partial charge in [-0.1, -0.05) is 11.6 Å². The highest BCUT2D eigenvalue weighted by atomic mass is 35.5. The lowest BCUT2D eigenvalue weighted by molar-refractivity contribution is 0.517. The van der Waals surface area contributed by atoms with Gasteiger partial charge in [-0.25, -0.2) is 4.98 Å². The van der Waals surface area contributed by atoms with Gasteiger partial charge in [0.25, 0.3) is 0 Å². The number of aromatic nitrogens is 2. The molecule has 1 aliphatic rings. The largest absolute Gasteiger partial charge is 0.329 e. The van der Waals surface area contributed by atoms with Gasteiger partial charge in [-0.2, -0.15) is 0 Å². The van der Waals surface area contributed by atoms with E-state index in [1.165, 1.54) is 12.8 Å². The molecule has 84 valence electrons. The molecule has 1 saturated heterocycles. The molecule has 2 heterocycles. The number of nitrogens with one attached hydrogen (secondary N) is 1. The van der Waals surface area contributed by atoms with E-state index in [0.29, 0.717) is 6.04 Å². The maximum atomic E-state index is 5.94. The van der Waals surface area contributed by atoms with E-state index in [1.807, 2.05) is 24.5 Å². The molecule has 1 aliphatic heterocycles. The van der Waals surface area contributed by atoms with Gasteiger partial charge in [0.2, 0.25) is 0 Å². The highest BCUT2D eigenvalue weighted by molar-refractivity contribution is 6.31. The summed E-state index contributed by atoms with van der Waals surface area (Å²) in [6, 6.07) is 6.47. The van der Waals surface area contributed by atoms with Crippen molar-refractivity contribution in [2.75, 3.05) is 6.54 Å². The van der Waals surface area contributed by atoms with Gasteiger partial charge in [0.05, 0.1) is 17.4 Å². The van der Waals surface area contributed by atoms with E-state index in [4.69, 9.17) is 11.6 Å². The van der Waals surface area contributed by atoms with Crippen molar-refractivity contribution in [1.29, 1.82) is 0 Å². The molecule has 0 spiro atoms. The van der Waals surface area contributed by atoms with Crippen LogP contribution in [0.25, 0.3) is 11.0 Å². The van der Waals surface area contributed by atoms with E-state index in [0.717, 1.165) is 29.1 Å². The molecule has 0 amide bonds. The molecule has 0 aliphatic carbocycles. The Kier molecular flexibility index (Phi) is 2.58. The Balaban J connectivity index is 1.91. The van der Waals surface area contributed by atoms with Crippen LogP contribution in [0.2, 0.25) is 5.02 Å². The Morgan fingerprint density at radius 1 is 1.50 bits per heavy atom. The SMILES string of the molecule is Clc1ccc2c(c1)ncn2CC1CCCN1. The molecule has 16 heavy (non-hydrogen) atoms. The van der Waals surface area contributed by atoms with Crippen LogP contribution in [0, 0.1) is 0 Å². The van der Waals surface area contributed by atoms with Crippen LogP contribution in [0.4, 0.5) is 0 Å². The Morgan fingerprint density at radius 3 is 3.25 bits per heavy atom. The van der Waals surface area contributed by atoms with Crippen molar-refractivity contribution in [1.82, 2.24) is 14.9 Å². The van der Waals surface area contributed by atoms with Gasteiger partial charge in [-0.05, 0) is 37.6 Å². The number of rotatable bonds is 2. The molecule has 0 bridgehead atoms. The minimum absolute atomic E-state index is 0.591. The molecule has 4 heteroatoms. The van der Waals surface area contributed by atoms with E-state index in [-0.39, 0.29) is 0 Å². The zero-order valence-corrected chi connectivity index (χ0v) is 9.74. The topological polar surface area (TPSA) is 29.9 Å². The average molecular weight is 236 g/mol. The number of imidazole rings is 1. The minimum atomic E-state index is 0.591. The summed E-state index contributed by atoms with van der Waals surface area (Å²) in [5, 5.41) is 4.24. The van der Waals surface area contributed by atoms with E-state index < -0.39 is 0 Å². The quantitative estimate of drug-likeness (QED) is 0.867. The zero-order valence-electron chi connectivity index (χ0n) is 8.99. The Labute approximate surface area is 99.4 Å². The molecule has 0 radical (unpaired) electrons. The zero-order chi connectivity index (χ0) is 11.0. The molecule has 1 N–H and O–H groups in total. The van der Waals surface area contributed by atoms with E-state index in [1.54, 1.807) is 0 Å². The van der Waals surface area contributed by atoms with Gasteiger partial charge < -0.3 is 9.88 Å². The van der Waals surface area contributed by atoms with Gasteiger partial charge in [0.1, 0.15) is 0 Å². The van der Waals surface area contributed by atoms with Crippen molar-refractivity contribution >= 4 is 22.6 Å². The summed E-state index contributed by atoms with van der Waals surface area (Å²) in [5.41, 5.74) is 2.14. The molecule has 1 aromatic heterocycles.